The van der Waals surface area contributed by atoms with Crippen LogP contribution in [0.4, 0.5) is 0 Å². The molecule has 0 aromatic carbocycles. The predicted molar refractivity (Wildman–Crippen MR) is 66.0 cm³/mol. The van der Waals surface area contributed by atoms with Crippen LogP contribution in [0, 0.1) is 28.6 Å². The molecule has 0 amide bonds. The summed E-state index contributed by atoms with van der Waals surface area (Å²) in [6.07, 6.45) is 4.81. The molecule has 3 fully saturated rings. The highest BCUT2D eigenvalue weighted by Crippen LogP contribution is 2.69. The van der Waals surface area contributed by atoms with E-state index in [0.717, 1.165) is 23.8 Å². The molecule has 0 bridgehead atoms. The lowest BCUT2D eigenvalue weighted by Gasteiger charge is -2.36. The molecule has 16 heavy (non-hydrogen) atoms. The first-order chi connectivity index (χ1) is 7.35. The van der Waals surface area contributed by atoms with Gasteiger partial charge in [0.15, 0.2) is 0 Å². The Bertz CT molecular complexity index is 343. The standard InChI is InChI=1S/C15H24O/c1-9-11(16)7-10-8-15(4)6-5-14(2,3)13(15)12(9)10/h10-13,16H,1,5-8H2,2-4H3/t10-,11-,12-,13-,15-/m0/s1. The number of aliphatic hydroxyl groups excluding tert-OH is 1. The highest BCUT2D eigenvalue weighted by Gasteiger charge is 2.62. The molecule has 1 heteroatoms. The van der Waals surface area contributed by atoms with Crippen LogP contribution in [0.3, 0.4) is 0 Å². The van der Waals surface area contributed by atoms with Crippen molar-refractivity contribution in [2.45, 2.75) is 52.6 Å². The van der Waals surface area contributed by atoms with Crippen LogP contribution in [0.1, 0.15) is 46.5 Å². The summed E-state index contributed by atoms with van der Waals surface area (Å²) >= 11 is 0. The Morgan fingerprint density at radius 2 is 1.94 bits per heavy atom. The number of rotatable bonds is 0. The minimum absolute atomic E-state index is 0.212. The van der Waals surface area contributed by atoms with E-state index in [1.54, 1.807) is 0 Å². The Balaban J connectivity index is 2.01. The summed E-state index contributed by atoms with van der Waals surface area (Å²) in [5.74, 6) is 2.09. The quantitative estimate of drug-likeness (QED) is 0.620. The van der Waals surface area contributed by atoms with Gasteiger partial charge < -0.3 is 5.11 Å². The Morgan fingerprint density at radius 1 is 1.25 bits per heavy atom. The van der Waals surface area contributed by atoms with Crippen molar-refractivity contribution >= 4 is 0 Å². The van der Waals surface area contributed by atoms with E-state index in [0.29, 0.717) is 16.7 Å². The lowest BCUT2D eigenvalue weighted by Crippen LogP contribution is -2.31. The van der Waals surface area contributed by atoms with Crippen molar-refractivity contribution in [3.8, 4) is 0 Å². The number of aliphatic hydroxyl groups is 1. The maximum Gasteiger partial charge on any atom is 0.0753 e. The molecule has 0 aliphatic heterocycles. The van der Waals surface area contributed by atoms with Crippen molar-refractivity contribution in [1.29, 1.82) is 0 Å². The first kappa shape index (κ1) is 10.8. The fourth-order valence-electron chi connectivity index (χ4n) is 5.42. The van der Waals surface area contributed by atoms with Gasteiger partial charge in [-0.15, -0.1) is 0 Å². The fourth-order valence-corrected chi connectivity index (χ4v) is 5.42. The van der Waals surface area contributed by atoms with E-state index < -0.39 is 0 Å². The Labute approximate surface area is 98.9 Å². The molecule has 0 aromatic heterocycles. The second-order valence-corrected chi connectivity index (χ2v) is 7.44. The van der Waals surface area contributed by atoms with Crippen LogP contribution in [0.5, 0.6) is 0 Å². The first-order valence-corrected chi connectivity index (χ1v) is 6.72. The molecule has 0 spiro atoms. The summed E-state index contributed by atoms with van der Waals surface area (Å²) in [5, 5.41) is 9.98. The molecule has 5 atom stereocenters. The molecule has 0 heterocycles. The van der Waals surface area contributed by atoms with Crippen molar-refractivity contribution in [3.05, 3.63) is 12.2 Å². The van der Waals surface area contributed by atoms with E-state index in [2.05, 4.69) is 27.4 Å². The normalized spacial score (nSPS) is 54.1. The Kier molecular flexibility index (Phi) is 1.98. The van der Waals surface area contributed by atoms with Gasteiger partial charge in [0.2, 0.25) is 0 Å². The average Bonchev–Trinajstić information content (AvgIpc) is 2.67. The molecule has 0 radical (unpaired) electrons. The molecule has 0 saturated heterocycles. The van der Waals surface area contributed by atoms with Crippen molar-refractivity contribution in [2.75, 3.05) is 0 Å². The minimum Gasteiger partial charge on any atom is -0.389 e. The third-order valence-corrected chi connectivity index (χ3v) is 5.91. The summed E-state index contributed by atoms with van der Waals surface area (Å²) in [6, 6.07) is 0. The smallest absolute Gasteiger partial charge is 0.0753 e. The highest BCUT2D eigenvalue weighted by molar-refractivity contribution is 5.25. The van der Waals surface area contributed by atoms with Crippen molar-refractivity contribution in [3.63, 3.8) is 0 Å². The van der Waals surface area contributed by atoms with Crippen LogP contribution >= 0.6 is 0 Å². The van der Waals surface area contributed by atoms with Gasteiger partial charge in [-0.25, -0.2) is 0 Å². The zero-order valence-electron chi connectivity index (χ0n) is 10.8. The summed E-state index contributed by atoms with van der Waals surface area (Å²) in [7, 11) is 0. The first-order valence-electron chi connectivity index (χ1n) is 6.72. The van der Waals surface area contributed by atoms with Crippen molar-refractivity contribution < 1.29 is 5.11 Å². The molecule has 0 aromatic rings. The van der Waals surface area contributed by atoms with Crippen LogP contribution in [0.25, 0.3) is 0 Å². The molecule has 0 unspecified atom stereocenters. The van der Waals surface area contributed by atoms with Crippen LogP contribution in [-0.4, -0.2) is 11.2 Å². The summed E-state index contributed by atoms with van der Waals surface area (Å²) in [5.41, 5.74) is 2.12. The lowest BCUT2D eigenvalue weighted by atomic mass is 9.68. The number of fused-ring (bicyclic) bond motifs is 3. The summed E-state index contributed by atoms with van der Waals surface area (Å²) in [4.78, 5) is 0. The topological polar surface area (TPSA) is 20.2 Å². The molecule has 1 N–H and O–H groups in total. The van der Waals surface area contributed by atoms with E-state index in [9.17, 15) is 5.11 Å². The van der Waals surface area contributed by atoms with Crippen LogP contribution in [0.15, 0.2) is 12.2 Å². The van der Waals surface area contributed by atoms with Gasteiger partial charge in [-0.3, -0.25) is 0 Å². The average molecular weight is 220 g/mol. The maximum atomic E-state index is 9.98. The van der Waals surface area contributed by atoms with Gasteiger partial charge in [0.25, 0.3) is 0 Å². The second-order valence-electron chi connectivity index (χ2n) is 7.44. The Morgan fingerprint density at radius 3 is 2.62 bits per heavy atom. The van der Waals surface area contributed by atoms with E-state index in [1.807, 2.05) is 0 Å². The molecule has 3 saturated carbocycles. The second kappa shape index (κ2) is 2.93. The monoisotopic (exact) mass is 220 g/mol. The zero-order chi connectivity index (χ0) is 11.7. The fraction of sp³-hybridized carbons (Fsp3) is 0.867. The maximum absolute atomic E-state index is 9.98. The number of hydrogen-bond acceptors (Lipinski definition) is 1. The minimum atomic E-state index is -0.212. The third kappa shape index (κ3) is 1.16. The van der Waals surface area contributed by atoms with Gasteiger partial charge in [0, 0.05) is 0 Å². The van der Waals surface area contributed by atoms with Crippen molar-refractivity contribution in [2.24, 2.45) is 28.6 Å². The van der Waals surface area contributed by atoms with Crippen molar-refractivity contribution in [1.82, 2.24) is 0 Å². The van der Waals surface area contributed by atoms with E-state index in [4.69, 9.17) is 0 Å². The van der Waals surface area contributed by atoms with Gasteiger partial charge in [-0.1, -0.05) is 27.4 Å². The SMILES string of the molecule is C=C1[C@H]2[C@@H](C[C@@H]1O)C[C@]1(C)CCC(C)(C)[C@H]21. The van der Waals surface area contributed by atoms with Gasteiger partial charge >= 0.3 is 0 Å². The van der Waals surface area contributed by atoms with E-state index >= 15 is 0 Å². The number of hydrogen-bond donors (Lipinski definition) is 1. The predicted octanol–water partition coefficient (Wildman–Crippen LogP) is 3.39. The van der Waals surface area contributed by atoms with Crippen LogP contribution < -0.4 is 0 Å². The molecule has 3 aliphatic carbocycles. The van der Waals surface area contributed by atoms with Gasteiger partial charge in [-0.2, -0.15) is 0 Å². The summed E-state index contributed by atoms with van der Waals surface area (Å²) < 4.78 is 0. The lowest BCUT2D eigenvalue weighted by molar-refractivity contribution is 0.136. The van der Waals surface area contributed by atoms with Gasteiger partial charge in [0.05, 0.1) is 6.10 Å². The van der Waals surface area contributed by atoms with Gasteiger partial charge in [-0.05, 0) is 59.8 Å². The van der Waals surface area contributed by atoms with E-state index in [-0.39, 0.29) is 6.10 Å². The largest absolute Gasteiger partial charge is 0.389 e. The molecule has 90 valence electrons. The molecule has 3 rings (SSSR count). The highest BCUT2D eigenvalue weighted by atomic mass is 16.3. The summed E-state index contributed by atoms with van der Waals surface area (Å²) in [6.45, 7) is 11.5. The molecule has 3 aliphatic rings. The van der Waals surface area contributed by atoms with E-state index in [1.165, 1.54) is 19.3 Å². The molecular formula is C15H24O. The molecule has 1 nitrogen and oxygen atoms in total. The zero-order valence-corrected chi connectivity index (χ0v) is 10.8. The Hall–Kier alpha value is -0.300. The van der Waals surface area contributed by atoms with Crippen LogP contribution in [-0.2, 0) is 0 Å². The molecular weight excluding hydrogens is 196 g/mol. The van der Waals surface area contributed by atoms with Crippen LogP contribution in [0.2, 0.25) is 0 Å². The van der Waals surface area contributed by atoms with Gasteiger partial charge in [0.1, 0.15) is 0 Å². The third-order valence-electron chi connectivity index (χ3n) is 5.91.